The second-order valence-electron chi connectivity index (χ2n) is 4.31. The molecule has 0 saturated carbocycles. The molecule has 2 heteroatoms. The topological polar surface area (TPSA) is 26.3 Å². The van der Waals surface area contributed by atoms with Crippen molar-refractivity contribution >= 4 is 5.78 Å². The molecule has 0 rings (SSSR count). The predicted octanol–water partition coefficient (Wildman–Crippen LogP) is 3.20. The summed E-state index contributed by atoms with van der Waals surface area (Å²) in [6, 6.07) is 0. The van der Waals surface area contributed by atoms with Crippen molar-refractivity contribution in [3.05, 3.63) is 0 Å². The van der Waals surface area contributed by atoms with Gasteiger partial charge < -0.3 is 4.74 Å². The van der Waals surface area contributed by atoms with E-state index in [0.717, 1.165) is 19.3 Å². The zero-order valence-corrected chi connectivity index (χ0v) is 10.2. The van der Waals surface area contributed by atoms with Gasteiger partial charge in [-0.3, -0.25) is 4.79 Å². The van der Waals surface area contributed by atoms with Crippen LogP contribution in [0.1, 0.15) is 53.4 Å². The van der Waals surface area contributed by atoms with Gasteiger partial charge in [-0.2, -0.15) is 0 Å². The molecule has 0 aliphatic heterocycles. The minimum atomic E-state index is -0.567. The number of methoxy groups -OCH3 is 1. The van der Waals surface area contributed by atoms with Gasteiger partial charge in [-0.15, -0.1) is 0 Å². The molecule has 0 bridgehead atoms. The van der Waals surface area contributed by atoms with Crippen LogP contribution in [0.2, 0.25) is 0 Å². The molecule has 0 aromatic carbocycles. The van der Waals surface area contributed by atoms with Gasteiger partial charge >= 0.3 is 0 Å². The number of hydrogen-bond donors (Lipinski definition) is 0. The van der Waals surface area contributed by atoms with Gasteiger partial charge in [0.05, 0.1) is 0 Å². The summed E-state index contributed by atoms with van der Waals surface area (Å²) in [6.07, 6.45) is 3.66. The third-order valence-electron chi connectivity index (χ3n) is 3.03. The van der Waals surface area contributed by atoms with E-state index in [1.165, 1.54) is 0 Å². The van der Waals surface area contributed by atoms with Crippen LogP contribution in [0.3, 0.4) is 0 Å². The number of ketones is 1. The lowest BCUT2D eigenvalue weighted by atomic mass is 9.89. The fraction of sp³-hybridized carbons (Fsp3) is 0.917. The Bertz CT molecular complexity index is 171. The molecule has 0 saturated heterocycles. The van der Waals surface area contributed by atoms with Crippen LogP contribution < -0.4 is 0 Å². The predicted molar refractivity (Wildman–Crippen MR) is 59.4 cm³/mol. The fourth-order valence-corrected chi connectivity index (χ4v) is 1.58. The first-order valence-electron chi connectivity index (χ1n) is 5.58. The minimum Gasteiger partial charge on any atom is -0.371 e. The fourth-order valence-electron chi connectivity index (χ4n) is 1.58. The van der Waals surface area contributed by atoms with Crippen LogP contribution >= 0.6 is 0 Å². The highest BCUT2D eigenvalue weighted by Gasteiger charge is 2.30. The summed E-state index contributed by atoms with van der Waals surface area (Å²) >= 11 is 0. The van der Waals surface area contributed by atoms with Gasteiger partial charge in [-0.05, 0) is 19.3 Å². The van der Waals surface area contributed by atoms with Gasteiger partial charge in [0.1, 0.15) is 5.60 Å². The summed E-state index contributed by atoms with van der Waals surface area (Å²) in [4.78, 5) is 11.9. The average molecular weight is 200 g/mol. The molecule has 0 aromatic rings. The Labute approximate surface area is 88.0 Å². The van der Waals surface area contributed by atoms with Crippen molar-refractivity contribution in [1.82, 2.24) is 0 Å². The van der Waals surface area contributed by atoms with Crippen LogP contribution in [0.5, 0.6) is 0 Å². The van der Waals surface area contributed by atoms with E-state index in [1.807, 2.05) is 13.8 Å². The first-order valence-corrected chi connectivity index (χ1v) is 5.58. The van der Waals surface area contributed by atoms with Crippen molar-refractivity contribution in [2.24, 2.45) is 5.92 Å². The van der Waals surface area contributed by atoms with Crippen molar-refractivity contribution in [2.45, 2.75) is 59.0 Å². The van der Waals surface area contributed by atoms with E-state index in [2.05, 4.69) is 13.8 Å². The van der Waals surface area contributed by atoms with Crippen molar-refractivity contribution in [3.63, 3.8) is 0 Å². The Kier molecular flexibility index (Phi) is 6.01. The van der Waals surface area contributed by atoms with E-state index in [-0.39, 0.29) is 5.78 Å². The second kappa shape index (κ2) is 6.18. The molecule has 0 N–H and O–H groups in total. The monoisotopic (exact) mass is 200 g/mol. The molecule has 2 atom stereocenters. The first-order chi connectivity index (χ1) is 6.50. The third kappa shape index (κ3) is 3.79. The SMILES string of the molecule is CCCC(C)CC(=O)C(C)(CC)OC. The van der Waals surface area contributed by atoms with Crippen LogP contribution in [-0.4, -0.2) is 18.5 Å². The van der Waals surface area contributed by atoms with Crippen molar-refractivity contribution in [3.8, 4) is 0 Å². The molecule has 2 unspecified atom stereocenters. The number of carbonyl (C=O) groups excluding carboxylic acids is 1. The molecular weight excluding hydrogens is 176 g/mol. The first kappa shape index (κ1) is 13.6. The summed E-state index contributed by atoms with van der Waals surface area (Å²) in [7, 11) is 1.62. The standard InChI is InChI=1S/C12H24O2/c1-6-8-10(3)9-11(13)12(4,7-2)14-5/h10H,6-9H2,1-5H3. The van der Waals surface area contributed by atoms with E-state index in [4.69, 9.17) is 4.74 Å². The van der Waals surface area contributed by atoms with Crippen LogP contribution in [0.15, 0.2) is 0 Å². The normalized spacial score (nSPS) is 17.5. The summed E-state index contributed by atoms with van der Waals surface area (Å²) in [5.41, 5.74) is -0.567. The summed E-state index contributed by atoms with van der Waals surface area (Å²) in [5.74, 6) is 0.719. The highest BCUT2D eigenvalue weighted by Crippen LogP contribution is 2.21. The van der Waals surface area contributed by atoms with Gasteiger partial charge in [0.25, 0.3) is 0 Å². The van der Waals surface area contributed by atoms with Gasteiger partial charge in [-0.1, -0.05) is 33.6 Å². The second-order valence-corrected chi connectivity index (χ2v) is 4.31. The average Bonchev–Trinajstić information content (AvgIpc) is 2.16. The Morgan fingerprint density at radius 2 is 2.00 bits per heavy atom. The number of carbonyl (C=O) groups is 1. The van der Waals surface area contributed by atoms with E-state index < -0.39 is 5.60 Å². The number of Topliss-reactive ketones (excluding diaryl/α,β-unsaturated/α-hetero) is 1. The van der Waals surface area contributed by atoms with E-state index in [9.17, 15) is 4.79 Å². The number of rotatable bonds is 7. The maximum Gasteiger partial charge on any atom is 0.164 e. The molecule has 0 heterocycles. The van der Waals surface area contributed by atoms with Crippen LogP contribution in [0.25, 0.3) is 0 Å². The highest BCUT2D eigenvalue weighted by molar-refractivity contribution is 5.87. The third-order valence-corrected chi connectivity index (χ3v) is 3.03. The number of ether oxygens (including phenoxy) is 1. The maximum absolute atomic E-state index is 11.9. The minimum absolute atomic E-state index is 0.239. The van der Waals surface area contributed by atoms with Crippen LogP contribution in [0, 0.1) is 5.92 Å². The van der Waals surface area contributed by atoms with E-state index >= 15 is 0 Å². The molecule has 0 amide bonds. The van der Waals surface area contributed by atoms with Gasteiger partial charge in [0.15, 0.2) is 5.78 Å². The van der Waals surface area contributed by atoms with Crippen LogP contribution in [0.4, 0.5) is 0 Å². The Balaban J connectivity index is 4.18. The molecule has 84 valence electrons. The quantitative estimate of drug-likeness (QED) is 0.631. The zero-order chi connectivity index (χ0) is 11.2. The summed E-state index contributed by atoms with van der Waals surface area (Å²) in [6.45, 7) is 8.16. The lowest BCUT2D eigenvalue weighted by Crippen LogP contribution is -2.37. The Morgan fingerprint density at radius 3 is 2.36 bits per heavy atom. The molecule has 0 aromatic heterocycles. The highest BCUT2D eigenvalue weighted by atomic mass is 16.5. The van der Waals surface area contributed by atoms with Crippen molar-refractivity contribution in [2.75, 3.05) is 7.11 Å². The Hall–Kier alpha value is -0.370. The lowest BCUT2D eigenvalue weighted by molar-refractivity contribution is -0.140. The zero-order valence-electron chi connectivity index (χ0n) is 10.2. The summed E-state index contributed by atoms with van der Waals surface area (Å²) in [5, 5.41) is 0. The molecule has 2 nitrogen and oxygen atoms in total. The van der Waals surface area contributed by atoms with Gasteiger partial charge in [0, 0.05) is 13.5 Å². The van der Waals surface area contributed by atoms with Crippen LogP contribution in [-0.2, 0) is 9.53 Å². The number of hydrogen-bond acceptors (Lipinski definition) is 2. The molecule has 0 aliphatic carbocycles. The maximum atomic E-state index is 11.9. The molecule has 0 radical (unpaired) electrons. The van der Waals surface area contributed by atoms with E-state index in [1.54, 1.807) is 7.11 Å². The lowest BCUT2D eigenvalue weighted by Gasteiger charge is -2.26. The molecule has 14 heavy (non-hydrogen) atoms. The van der Waals surface area contributed by atoms with Gasteiger partial charge in [0.2, 0.25) is 0 Å². The summed E-state index contributed by atoms with van der Waals surface area (Å²) < 4.78 is 5.28. The molecule has 0 aliphatic rings. The molecule has 0 fully saturated rings. The molecule has 0 spiro atoms. The van der Waals surface area contributed by atoms with Crippen molar-refractivity contribution in [1.29, 1.82) is 0 Å². The molecular formula is C12H24O2. The largest absolute Gasteiger partial charge is 0.371 e. The smallest absolute Gasteiger partial charge is 0.164 e. The van der Waals surface area contributed by atoms with Gasteiger partial charge in [-0.25, -0.2) is 0 Å². The van der Waals surface area contributed by atoms with E-state index in [0.29, 0.717) is 12.3 Å². The van der Waals surface area contributed by atoms with Crippen molar-refractivity contribution < 1.29 is 9.53 Å². The Morgan fingerprint density at radius 1 is 1.43 bits per heavy atom.